The molecular formula is C23H33N3O7. The first-order valence-corrected chi connectivity index (χ1v) is 11.5. The lowest BCUT2D eigenvalue weighted by Crippen LogP contribution is -2.54. The summed E-state index contributed by atoms with van der Waals surface area (Å²) in [6, 6.07) is 4.82. The highest BCUT2D eigenvalue weighted by atomic mass is 16.5. The number of carboxylic acids is 2. The Bertz CT molecular complexity index is 813. The second-order valence-electron chi connectivity index (χ2n) is 8.36. The maximum atomic E-state index is 13.1. The van der Waals surface area contributed by atoms with Gasteiger partial charge in [-0.05, 0) is 31.5 Å². The van der Waals surface area contributed by atoms with Gasteiger partial charge in [-0.2, -0.15) is 0 Å². The Morgan fingerprint density at radius 2 is 1.82 bits per heavy atom. The van der Waals surface area contributed by atoms with Crippen molar-refractivity contribution in [1.29, 1.82) is 0 Å². The summed E-state index contributed by atoms with van der Waals surface area (Å²) in [6.45, 7) is 3.91. The van der Waals surface area contributed by atoms with E-state index in [4.69, 9.17) is 9.47 Å². The molecule has 3 N–H and O–H groups in total. The molecule has 1 unspecified atom stereocenters. The van der Waals surface area contributed by atoms with E-state index in [1.165, 1.54) is 0 Å². The Hall–Kier alpha value is -2.69. The summed E-state index contributed by atoms with van der Waals surface area (Å²) in [4.78, 5) is 39.8. The van der Waals surface area contributed by atoms with Crippen molar-refractivity contribution in [2.24, 2.45) is 0 Å². The van der Waals surface area contributed by atoms with E-state index in [1.807, 2.05) is 0 Å². The van der Waals surface area contributed by atoms with Crippen molar-refractivity contribution < 1.29 is 34.1 Å². The predicted molar refractivity (Wildman–Crippen MR) is 121 cm³/mol. The van der Waals surface area contributed by atoms with Gasteiger partial charge in [0.2, 0.25) is 5.91 Å². The molecule has 2 atom stereocenters. The molecule has 1 aromatic rings. The van der Waals surface area contributed by atoms with E-state index in [0.29, 0.717) is 24.3 Å². The fraction of sp³-hybridized carbons (Fsp3) is 0.609. The van der Waals surface area contributed by atoms with Crippen LogP contribution in [0.3, 0.4) is 0 Å². The second-order valence-corrected chi connectivity index (χ2v) is 8.36. The number of hydrogen-bond acceptors (Lipinski definition) is 7. The fourth-order valence-corrected chi connectivity index (χ4v) is 4.15. The normalized spacial score (nSPS) is 19.9. The number of carboxylic acid groups (broad SMARTS) is 2. The summed E-state index contributed by atoms with van der Waals surface area (Å²) in [5.74, 6) is -2.32. The van der Waals surface area contributed by atoms with Crippen molar-refractivity contribution in [3.8, 4) is 5.75 Å². The average Bonchev–Trinajstić information content (AvgIpc) is 2.93. The molecule has 10 nitrogen and oxygen atoms in total. The van der Waals surface area contributed by atoms with Crippen LogP contribution in [-0.4, -0.2) is 91.0 Å². The van der Waals surface area contributed by atoms with Gasteiger partial charge < -0.3 is 19.7 Å². The Balaban J connectivity index is 1.51. The number of fused-ring (bicyclic) bond motifs is 1. The molecule has 33 heavy (non-hydrogen) atoms. The lowest BCUT2D eigenvalue weighted by molar-refractivity contribution is -0.141. The molecule has 0 spiro atoms. The third-order valence-electron chi connectivity index (χ3n) is 5.94. The highest BCUT2D eigenvalue weighted by Crippen LogP contribution is 2.31. The van der Waals surface area contributed by atoms with Gasteiger partial charge in [0.15, 0.2) is 0 Å². The minimum absolute atomic E-state index is 0.0741. The number of hydrogen-bond donors (Lipinski definition) is 3. The molecule has 2 aliphatic rings. The number of amides is 1. The maximum absolute atomic E-state index is 13.1. The quantitative estimate of drug-likeness (QED) is 0.392. The molecule has 182 valence electrons. The van der Waals surface area contributed by atoms with E-state index in [2.05, 4.69) is 10.2 Å². The van der Waals surface area contributed by atoms with Crippen LogP contribution in [0.1, 0.15) is 32.1 Å². The van der Waals surface area contributed by atoms with Gasteiger partial charge in [0.05, 0.1) is 18.9 Å². The van der Waals surface area contributed by atoms with Crippen molar-refractivity contribution in [3.05, 3.63) is 24.3 Å². The summed E-state index contributed by atoms with van der Waals surface area (Å²) in [5.41, 5.74) is 0.362. The SMILES string of the molecule is O=C(O)CN1C(=O)[C@@H](NC(CCCCCCN2CCOCC2)C(=O)O)COc2ccccc21. The van der Waals surface area contributed by atoms with Crippen molar-refractivity contribution >= 4 is 23.5 Å². The summed E-state index contributed by atoms with van der Waals surface area (Å²) in [6.07, 6.45) is 4.07. The van der Waals surface area contributed by atoms with Crippen LogP contribution in [0.2, 0.25) is 0 Å². The van der Waals surface area contributed by atoms with Crippen molar-refractivity contribution in [2.45, 2.75) is 44.2 Å². The van der Waals surface area contributed by atoms with Crippen LogP contribution in [-0.2, 0) is 19.1 Å². The molecule has 0 aromatic heterocycles. The minimum Gasteiger partial charge on any atom is -0.489 e. The largest absolute Gasteiger partial charge is 0.489 e. The topological polar surface area (TPSA) is 129 Å². The predicted octanol–water partition coefficient (Wildman–Crippen LogP) is 1.19. The van der Waals surface area contributed by atoms with Crippen LogP contribution in [0.15, 0.2) is 24.3 Å². The number of nitrogens with one attached hydrogen (secondary N) is 1. The highest BCUT2D eigenvalue weighted by molar-refractivity contribution is 6.02. The number of rotatable bonds is 12. The molecule has 1 saturated heterocycles. The van der Waals surface area contributed by atoms with Crippen LogP contribution in [0, 0.1) is 0 Å². The molecule has 3 rings (SSSR count). The molecule has 0 radical (unpaired) electrons. The number of nitrogens with zero attached hydrogens (tertiary/aromatic N) is 2. The van der Waals surface area contributed by atoms with E-state index in [1.54, 1.807) is 24.3 Å². The monoisotopic (exact) mass is 463 g/mol. The van der Waals surface area contributed by atoms with Crippen molar-refractivity contribution in [1.82, 2.24) is 10.2 Å². The Kier molecular flexibility index (Phi) is 9.47. The zero-order chi connectivity index (χ0) is 23.6. The third kappa shape index (κ3) is 7.41. The van der Waals surface area contributed by atoms with Crippen LogP contribution >= 0.6 is 0 Å². The molecule has 1 fully saturated rings. The van der Waals surface area contributed by atoms with E-state index < -0.39 is 36.5 Å². The Labute approximate surface area is 193 Å². The first kappa shape index (κ1) is 24.9. The molecule has 0 bridgehead atoms. The fourth-order valence-electron chi connectivity index (χ4n) is 4.15. The summed E-state index contributed by atoms with van der Waals surface area (Å²) in [5, 5.41) is 21.8. The summed E-state index contributed by atoms with van der Waals surface area (Å²) < 4.78 is 11.1. The van der Waals surface area contributed by atoms with E-state index in [9.17, 15) is 24.6 Å². The average molecular weight is 464 g/mol. The number of carbonyl (C=O) groups is 3. The Morgan fingerprint density at radius 3 is 2.55 bits per heavy atom. The molecule has 0 aliphatic carbocycles. The van der Waals surface area contributed by atoms with Crippen LogP contribution in [0.4, 0.5) is 5.69 Å². The second kappa shape index (κ2) is 12.5. The van der Waals surface area contributed by atoms with Gasteiger partial charge in [-0.1, -0.05) is 31.4 Å². The molecule has 10 heteroatoms. The standard InChI is InChI=1S/C23H33N3O7/c27-21(28)15-26-19-8-4-5-9-20(19)33-16-18(22(26)29)24-17(23(30)31)7-3-1-2-6-10-25-11-13-32-14-12-25/h4-5,8-9,17-18,24H,1-3,6-7,10-16H2,(H,27,28)(H,30,31)/t17?,18-/m0/s1. The molecule has 1 amide bonds. The number of ether oxygens (including phenoxy) is 2. The first-order chi connectivity index (χ1) is 16.0. The van der Waals surface area contributed by atoms with E-state index in [-0.39, 0.29) is 6.61 Å². The van der Waals surface area contributed by atoms with Gasteiger partial charge in [-0.25, -0.2) is 0 Å². The van der Waals surface area contributed by atoms with Crippen molar-refractivity contribution in [3.63, 3.8) is 0 Å². The number of unbranched alkanes of at least 4 members (excludes halogenated alkanes) is 3. The zero-order valence-electron chi connectivity index (χ0n) is 18.8. The molecule has 2 aliphatic heterocycles. The van der Waals surface area contributed by atoms with Crippen LogP contribution < -0.4 is 15.0 Å². The van der Waals surface area contributed by atoms with E-state index in [0.717, 1.165) is 57.0 Å². The van der Waals surface area contributed by atoms with Crippen molar-refractivity contribution in [2.75, 3.05) is 50.9 Å². The van der Waals surface area contributed by atoms with Gasteiger partial charge in [-0.15, -0.1) is 0 Å². The first-order valence-electron chi connectivity index (χ1n) is 11.5. The van der Waals surface area contributed by atoms with Crippen LogP contribution in [0.5, 0.6) is 5.75 Å². The number of carbonyl (C=O) groups excluding carboxylic acids is 1. The van der Waals surface area contributed by atoms with Crippen LogP contribution in [0.25, 0.3) is 0 Å². The van der Waals surface area contributed by atoms with Gasteiger partial charge in [-0.3, -0.25) is 29.5 Å². The zero-order valence-corrected chi connectivity index (χ0v) is 18.8. The number of anilines is 1. The summed E-state index contributed by atoms with van der Waals surface area (Å²) in [7, 11) is 0. The Morgan fingerprint density at radius 1 is 1.09 bits per heavy atom. The molecule has 2 heterocycles. The molecule has 1 aromatic carbocycles. The smallest absolute Gasteiger partial charge is 0.323 e. The lowest BCUT2D eigenvalue weighted by atomic mass is 10.1. The minimum atomic E-state index is -1.16. The molecule has 0 saturated carbocycles. The molecular weight excluding hydrogens is 430 g/mol. The number of para-hydroxylation sites is 2. The number of benzene rings is 1. The lowest BCUT2D eigenvalue weighted by Gasteiger charge is -2.26. The van der Waals surface area contributed by atoms with Gasteiger partial charge in [0, 0.05) is 13.1 Å². The highest BCUT2D eigenvalue weighted by Gasteiger charge is 2.35. The number of aliphatic carboxylic acids is 2. The maximum Gasteiger partial charge on any atom is 0.323 e. The third-order valence-corrected chi connectivity index (χ3v) is 5.94. The van der Waals surface area contributed by atoms with Gasteiger partial charge in [0.1, 0.15) is 31.0 Å². The number of morpholine rings is 1. The van der Waals surface area contributed by atoms with Gasteiger partial charge >= 0.3 is 11.9 Å². The van der Waals surface area contributed by atoms with Gasteiger partial charge in [0.25, 0.3) is 0 Å². The summed E-state index contributed by atoms with van der Waals surface area (Å²) >= 11 is 0. The van der Waals surface area contributed by atoms with E-state index >= 15 is 0 Å².